The summed E-state index contributed by atoms with van der Waals surface area (Å²) in [6.45, 7) is 8.36. The molecule has 3 rings (SSSR count). The van der Waals surface area contributed by atoms with E-state index in [1.165, 1.54) is 12.1 Å². The Labute approximate surface area is 293 Å². The first kappa shape index (κ1) is 54.8. The molecule has 12 N–H and O–H groups in total. The molecule has 0 bridgehead atoms. The average molecular weight is 815 g/mol. The molecule has 2 aromatic rings. The fourth-order valence-corrected chi connectivity index (χ4v) is 4.34. The van der Waals surface area contributed by atoms with Crippen molar-refractivity contribution in [2.45, 2.75) is 25.9 Å². The van der Waals surface area contributed by atoms with Gasteiger partial charge in [0.05, 0.1) is 34.7 Å². The topological polar surface area (TPSA) is 308 Å². The molecule has 0 aromatic carbocycles. The average Bonchev–Trinajstić information content (AvgIpc) is 2.85. The van der Waals surface area contributed by atoms with Crippen LogP contribution in [0.25, 0.3) is 0 Å². The Bertz CT molecular complexity index is 953. The molecule has 264 valence electrons. The van der Waals surface area contributed by atoms with Gasteiger partial charge < -0.3 is 74.9 Å². The van der Waals surface area contributed by atoms with E-state index in [1.807, 2.05) is 12.1 Å². The third-order valence-corrected chi connectivity index (χ3v) is 6.43. The van der Waals surface area contributed by atoms with E-state index in [9.17, 15) is 19.8 Å². The first-order valence-corrected chi connectivity index (χ1v) is 12.5. The van der Waals surface area contributed by atoms with Gasteiger partial charge in [0.15, 0.2) is 0 Å². The molecule has 18 heteroatoms. The number of carbonyl (C=O) groups excluding carboxylic acids is 2. The predicted octanol–water partition coefficient (Wildman–Crippen LogP) is -8.78. The van der Waals surface area contributed by atoms with Crippen molar-refractivity contribution in [3.63, 3.8) is 0 Å². The quantitative estimate of drug-likeness (QED) is 0.265. The van der Waals surface area contributed by atoms with Crippen molar-refractivity contribution in [3.8, 4) is 0 Å². The Morgan fingerprint density at radius 1 is 0.614 bits per heavy atom. The number of carboxylic acid groups (broad SMARTS) is 2. The van der Waals surface area contributed by atoms with Crippen LogP contribution in [0.4, 0.5) is 0 Å². The summed E-state index contributed by atoms with van der Waals surface area (Å²) in [4.78, 5) is 40.1. The van der Waals surface area contributed by atoms with E-state index in [0.717, 1.165) is 76.6 Å². The van der Waals surface area contributed by atoms with Crippen molar-refractivity contribution in [1.29, 1.82) is 0 Å². The van der Waals surface area contributed by atoms with Crippen molar-refractivity contribution in [3.05, 3.63) is 59.2 Å². The summed E-state index contributed by atoms with van der Waals surface area (Å²) < 4.78 is 0. The number of hydrogen-bond acceptors (Lipinski definition) is 10. The molecular weight excluding hydrogens is 767 g/mol. The fourth-order valence-electron chi connectivity index (χ4n) is 4.34. The summed E-state index contributed by atoms with van der Waals surface area (Å²) in [5.41, 5.74) is 1.41. The number of halogens is 1. The maximum absolute atomic E-state index is 11.2. The van der Waals surface area contributed by atoms with Gasteiger partial charge in [0.1, 0.15) is 0 Å². The van der Waals surface area contributed by atoms with Crippen molar-refractivity contribution in [2.24, 2.45) is 0 Å². The Morgan fingerprint density at radius 2 is 0.955 bits per heavy atom. The van der Waals surface area contributed by atoms with Gasteiger partial charge in [0.2, 0.25) is 0 Å². The van der Waals surface area contributed by atoms with Gasteiger partial charge in [-0.1, -0.05) is 12.1 Å². The maximum Gasteiger partial charge on any atom is 3.00 e. The molecule has 0 spiro atoms. The smallest absolute Gasteiger partial charge is 1.00 e. The van der Waals surface area contributed by atoms with E-state index >= 15 is 0 Å². The van der Waals surface area contributed by atoms with Crippen LogP contribution in [-0.2, 0) is 13.1 Å². The number of pyridine rings is 2. The molecule has 44 heavy (non-hydrogen) atoms. The maximum atomic E-state index is 11.2. The Kier molecular flexibility index (Phi) is 35.9. The molecule has 1 fully saturated rings. The molecule has 0 radical (unpaired) electrons. The molecular formula is C26H48ClLuN6O10. The van der Waals surface area contributed by atoms with Gasteiger partial charge >= 0.3 is 36.9 Å². The molecule has 1 aliphatic heterocycles. The van der Waals surface area contributed by atoms with Gasteiger partial charge in [0, 0.05) is 39.3 Å². The van der Waals surface area contributed by atoms with Crippen LogP contribution in [-0.4, -0.2) is 141 Å². The Balaban J connectivity index is -0.000000451. The summed E-state index contributed by atoms with van der Waals surface area (Å²) >= 11 is 0. The van der Waals surface area contributed by atoms with E-state index in [1.54, 1.807) is 12.1 Å². The Hall–Kier alpha value is -1.64. The molecule has 0 atom stereocenters. The normalized spacial score (nSPS) is 15.1. The van der Waals surface area contributed by atoms with E-state index in [0.29, 0.717) is 13.1 Å². The van der Waals surface area contributed by atoms with E-state index in [-0.39, 0.29) is 93.5 Å². The van der Waals surface area contributed by atoms with Crippen molar-refractivity contribution in [2.75, 3.05) is 66.5 Å². The number of hydrogen-bond donors (Lipinski definition) is 0. The molecule has 0 aliphatic carbocycles. The minimum Gasteiger partial charge on any atom is -1.00 e. The number of nitrogens with zero attached hydrogens (tertiary/aromatic N) is 6. The first-order valence-electron chi connectivity index (χ1n) is 12.5. The second-order valence-corrected chi connectivity index (χ2v) is 9.47. The fraction of sp³-hybridized carbons (Fsp3) is 0.538. The predicted molar refractivity (Wildman–Crippen MR) is 154 cm³/mol. The van der Waals surface area contributed by atoms with Gasteiger partial charge in [0.25, 0.3) is 0 Å². The number of carbonyl (C=O) groups is 2. The molecule has 2 aromatic heterocycles. The van der Waals surface area contributed by atoms with E-state index in [2.05, 4.69) is 43.7 Å². The molecule has 0 unspecified atom stereocenters. The molecule has 3 heterocycles. The van der Waals surface area contributed by atoms with Gasteiger partial charge in [-0.15, -0.1) is 0 Å². The number of rotatable bonds is 6. The summed E-state index contributed by atoms with van der Waals surface area (Å²) in [6, 6.07) is 10.1. The second-order valence-electron chi connectivity index (χ2n) is 9.47. The third kappa shape index (κ3) is 19.7. The zero-order valence-corrected chi connectivity index (χ0v) is 27.3. The molecule has 1 saturated heterocycles. The first-order chi connectivity index (χ1) is 17.3. The van der Waals surface area contributed by atoms with Crippen molar-refractivity contribution < 1.29 is 102 Å². The third-order valence-electron chi connectivity index (χ3n) is 6.43. The van der Waals surface area contributed by atoms with Crippen LogP contribution in [0.5, 0.6) is 0 Å². The summed E-state index contributed by atoms with van der Waals surface area (Å²) in [5.74, 6) is -2.51. The SMILES string of the molecule is CN1CCCN(Cc2cccc(C(=O)[O-])n2)CCN(C)CCCN(Cc2cccc(C(=O)[O-])n2)CC1.O.O.O.O.O.O.[Cl-].[Lu+3]. The largest absolute Gasteiger partial charge is 3.00 e. The molecule has 0 amide bonds. The zero-order chi connectivity index (χ0) is 25.9. The van der Waals surface area contributed by atoms with Crippen LogP contribution in [0.1, 0.15) is 45.2 Å². The minimum absolute atomic E-state index is 0. The second kappa shape index (κ2) is 28.8. The summed E-state index contributed by atoms with van der Waals surface area (Å²) in [7, 11) is 4.23. The summed E-state index contributed by atoms with van der Waals surface area (Å²) in [6.07, 6.45) is 1.96. The number of carboxylic acids is 2. The standard InChI is InChI=1S/C26H38N6O4.ClH.Lu.6H2O/c1-29-11-5-13-32(20-22-8-4-10-24(28-22)26(35)36)18-16-30(2)12-6-14-31(17-15-29)19-21-7-3-9-23(27-21)25(33)34;;;;;;;;/h3-4,7-10H,5-6,11-20H2,1-2H3,(H,33,34)(H,35,36);1H;;6*1H2/q;;+3;;;;;;/p-3. The van der Waals surface area contributed by atoms with E-state index in [4.69, 9.17) is 0 Å². The van der Waals surface area contributed by atoms with E-state index < -0.39 is 11.9 Å². The number of aromatic carboxylic acids is 2. The van der Waals surface area contributed by atoms with Crippen LogP contribution in [0.3, 0.4) is 0 Å². The van der Waals surface area contributed by atoms with Crippen molar-refractivity contribution in [1.82, 2.24) is 29.6 Å². The van der Waals surface area contributed by atoms with Crippen LogP contribution in [0.2, 0.25) is 0 Å². The zero-order valence-electron chi connectivity index (χ0n) is 24.9. The Morgan fingerprint density at radius 3 is 1.27 bits per heavy atom. The molecule has 16 nitrogen and oxygen atoms in total. The van der Waals surface area contributed by atoms with Crippen LogP contribution in [0, 0.1) is 36.9 Å². The molecule has 0 saturated carbocycles. The van der Waals surface area contributed by atoms with Gasteiger partial charge in [-0.3, -0.25) is 19.8 Å². The van der Waals surface area contributed by atoms with Gasteiger partial charge in [-0.25, -0.2) is 0 Å². The minimum atomic E-state index is -1.25. The van der Waals surface area contributed by atoms with Crippen LogP contribution in [0.15, 0.2) is 36.4 Å². The van der Waals surface area contributed by atoms with Crippen molar-refractivity contribution >= 4 is 11.9 Å². The van der Waals surface area contributed by atoms with Crippen LogP contribution >= 0.6 is 0 Å². The van der Waals surface area contributed by atoms with Crippen LogP contribution < -0.4 is 22.6 Å². The van der Waals surface area contributed by atoms with Gasteiger partial charge in [-0.05, 0) is 77.4 Å². The van der Waals surface area contributed by atoms with Gasteiger partial charge in [-0.2, -0.15) is 0 Å². The molecule has 1 aliphatic rings. The summed E-state index contributed by atoms with van der Waals surface area (Å²) in [5, 5.41) is 22.3. The number of likely N-dealkylation sites (N-methyl/N-ethyl adjacent to an activating group) is 2. The monoisotopic (exact) mass is 814 g/mol. The number of aromatic nitrogens is 2.